The van der Waals surface area contributed by atoms with Crippen LogP contribution < -0.4 is 5.73 Å². The maximum absolute atomic E-state index is 14.1. The lowest BCUT2D eigenvalue weighted by molar-refractivity contribution is 0.278. The van der Waals surface area contributed by atoms with Gasteiger partial charge in [0.1, 0.15) is 5.82 Å². The van der Waals surface area contributed by atoms with E-state index in [-0.39, 0.29) is 17.3 Å². The van der Waals surface area contributed by atoms with Crippen LogP contribution in [-0.2, 0) is 6.42 Å². The molecule has 0 fully saturated rings. The van der Waals surface area contributed by atoms with Crippen molar-refractivity contribution in [3.05, 3.63) is 53.1 Å². The molecule has 0 bridgehead atoms. The first-order valence-corrected chi connectivity index (χ1v) is 7.11. The molecule has 3 heteroatoms. The maximum Gasteiger partial charge on any atom is 0.147 e. The van der Waals surface area contributed by atoms with E-state index in [0.717, 1.165) is 24.2 Å². The number of nitrogens with zero attached hydrogens (tertiary/aromatic N) is 1. The van der Waals surface area contributed by atoms with Crippen LogP contribution in [-0.4, -0.2) is 4.57 Å². The third kappa shape index (κ3) is 2.06. The van der Waals surface area contributed by atoms with Crippen LogP contribution >= 0.6 is 0 Å². The molecule has 0 amide bonds. The lowest BCUT2D eigenvalue weighted by Gasteiger charge is -2.34. The highest BCUT2D eigenvalue weighted by atomic mass is 19.1. The summed E-state index contributed by atoms with van der Waals surface area (Å²) in [6.07, 6.45) is 1.90. The third-order valence-corrected chi connectivity index (χ3v) is 4.23. The molecule has 3 rings (SSSR count). The highest BCUT2D eigenvalue weighted by Gasteiger charge is 2.33. The van der Waals surface area contributed by atoms with Crippen molar-refractivity contribution in [2.45, 2.75) is 39.7 Å². The highest BCUT2D eigenvalue weighted by Crippen LogP contribution is 2.41. The average Bonchev–Trinajstić information content (AvgIpc) is 2.66. The number of para-hydroxylation sites is 1. The number of nitrogens with two attached hydrogens (primary N) is 1. The number of hydrogen-bond donors (Lipinski definition) is 1. The van der Waals surface area contributed by atoms with E-state index in [0.29, 0.717) is 5.69 Å². The third-order valence-electron chi connectivity index (χ3n) is 4.23. The van der Waals surface area contributed by atoms with Gasteiger partial charge in [0.25, 0.3) is 0 Å². The summed E-state index contributed by atoms with van der Waals surface area (Å²) in [6, 6.07) is 9.09. The molecule has 2 nitrogen and oxygen atoms in total. The Balaban J connectivity index is 2.22. The van der Waals surface area contributed by atoms with Crippen LogP contribution in [0.5, 0.6) is 0 Å². The van der Waals surface area contributed by atoms with Gasteiger partial charge in [-0.15, -0.1) is 0 Å². The van der Waals surface area contributed by atoms with Crippen molar-refractivity contribution in [2.75, 3.05) is 0 Å². The van der Waals surface area contributed by atoms with Crippen LogP contribution in [0, 0.1) is 18.2 Å². The smallest absolute Gasteiger partial charge is 0.147 e. The molecular formula is C17H21FN2. The van der Waals surface area contributed by atoms with Gasteiger partial charge >= 0.3 is 0 Å². The Morgan fingerprint density at radius 2 is 2.00 bits per heavy atom. The molecular weight excluding hydrogens is 251 g/mol. The van der Waals surface area contributed by atoms with Crippen LogP contribution in [0.15, 0.2) is 30.3 Å². The molecule has 0 aliphatic heterocycles. The molecule has 1 atom stereocenters. The normalized spacial score (nSPS) is 20.8. The summed E-state index contributed by atoms with van der Waals surface area (Å²) >= 11 is 0. The minimum atomic E-state index is -0.189. The van der Waals surface area contributed by atoms with Gasteiger partial charge in [0.2, 0.25) is 0 Å². The van der Waals surface area contributed by atoms with Crippen LogP contribution in [0.3, 0.4) is 0 Å². The van der Waals surface area contributed by atoms with Gasteiger partial charge in [0, 0.05) is 17.4 Å². The molecule has 1 aromatic heterocycles. The standard InChI is InChI=1S/C17H21FN2/c1-11-8-12-14(19)9-17(2,3)10-16(12)20(11)15-7-5-4-6-13(15)18/h4-8,14H,9-10,19H2,1-3H3. The SMILES string of the molecule is Cc1cc2c(n1-c1ccccc1F)CC(C)(C)CC2N. The fourth-order valence-electron chi connectivity index (χ4n) is 3.42. The zero-order chi connectivity index (χ0) is 14.5. The van der Waals surface area contributed by atoms with Crippen molar-refractivity contribution in [2.24, 2.45) is 11.1 Å². The summed E-state index contributed by atoms with van der Waals surface area (Å²) in [6.45, 7) is 6.47. The molecule has 1 aromatic carbocycles. The molecule has 1 aliphatic rings. The first-order valence-electron chi connectivity index (χ1n) is 7.11. The van der Waals surface area contributed by atoms with E-state index in [2.05, 4.69) is 19.9 Å². The second-order valence-electron chi connectivity index (χ2n) is 6.63. The molecule has 1 aliphatic carbocycles. The zero-order valence-electron chi connectivity index (χ0n) is 12.3. The van der Waals surface area contributed by atoms with Gasteiger partial charge in [0.15, 0.2) is 0 Å². The maximum atomic E-state index is 14.1. The van der Waals surface area contributed by atoms with E-state index in [1.165, 1.54) is 11.6 Å². The lowest BCUT2D eigenvalue weighted by Crippen LogP contribution is -2.30. The Kier molecular flexibility index (Phi) is 2.98. The number of hydrogen-bond acceptors (Lipinski definition) is 1. The molecule has 0 saturated heterocycles. The summed E-state index contributed by atoms with van der Waals surface area (Å²) in [7, 11) is 0. The summed E-state index contributed by atoms with van der Waals surface area (Å²) in [4.78, 5) is 0. The molecule has 2 N–H and O–H groups in total. The van der Waals surface area contributed by atoms with Crippen molar-refractivity contribution in [1.29, 1.82) is 0 Å². The van der Waals surface area contributed by atoms with Crippen LogP contribution in [0.2, 0.25) is 0 Å². The Morgan fingerprint density at radius 3 is 2.70 bits per heavy atom. The van der Waals surface area contributed by atoms with E-state index in [1.807, 2.05) is 23.6 Å². The highest BCUT2D eigenvalue weighted by molar-refractivity contribution is 5.44. The summed E-state index contributed by atoms with van der Waals surface area (Å²) in [5.74, 6) is -0.189. The first kappa shape index (κ1) is 13.4. The molecule has 0 saturated carbocycles. The first-order chi connectivity index (χ1) is 9.39. The summed E-state index contributed by atoms with van der Waals surface area (Å²) in [5, 5.41) is 0. The van der Waals surface area contributed by atoms with Gasteiger partial charge < -0.3 is 10.3 Å². The Morgan fingerprint density at radius 1 is 1.30 bits per heavy atom. The van der Waals surface area contributed by atoms with Crippen molar-refractivity contribution >= 4 is 0 Å². The number of aromatic nitrogens is 1. The average molecular weight is 272 g/mol. The number of aryl methyl sites for hydroxylation is 1. The quantitative estimate of drug-likeness (QED) is 0.838. The zero-order valence-corrected chi connectivity index (χ0v) is 12.3. The fourth-order valence-corrected chi connectivity index (χ4v) is 3.42. The predicted octanol–water partition coefficient (Wildman–Crippen LogP) is 3.90. The topological polar surface area (TPSA) is 30.9 Å². The predicted molar refractivity (Wildman–Crippen MR) is 79.5 cm³/mol. The molecule has 2 aromatic rings. The second kappa shape index (κ2) is 4.45. The van der Waals surface area contributed by atoms with E-state index >= 15 is 0 Å². The summed E-state index contributed by atoms with van der Waals surface area (Å²) < 4.78 is 16.2. The van der Waals surface area contributed by atoms with Crippen LogP contribution in [0.4, 0.5) is 4.39 Å². The van der Waals surface area contributed by atoms with E-state index in [1.54, 1.807) is 6.07 Å². The van der Waals surface area contributed by atoms with Gasteiger partial charge in [0.05, 0.1) is 5.69 Å². The molecule has 0 spiro atoms. The second-order valence-corrected chi connectivity index (χ2v) is 6.63. The Hall–Kier alpha value is -1.61. The van der Waals surface area contributed by atoms with Crippen molar-refractivity contribution < 1.29 is 4.39 Å². The number of rotatable bonds is 1. The van der Waals surface area contributed by atoms with Crippen molar-refractivity contribution in [3.8, 4) is 5.69 Å². The lowest BCUT2D eigenvalue weighted by atomic mass is 9.74. The van der Waals surface area contributed by atoms with Gasteiger partial charge in [-0.3, -0.25) is 0 Å². The number of benzene rings is 1. The van der Waals surface area contributed by atoms with Gasteiger partial charge in [-0.25, -0.2) is 4.39 Å². The van der Waals surface area contributed by atoms with Gasteiger partial charge in [-0.05, 0) is 48.9 Å². The Labute approximate surface area is 119 Å². The van der Waals surface area contributed by atoms with Crippen molar-refractivity contribution in [3.63, 3.8) is 0 Å². The largest absolute Gasteiger partial charge is 0.324 e. The molecule has 106 valence electrons. The minimum absolute atomic E-state index is 0.0421. The van der Waals surface area contributed by atoms with Crippen LogP contribution in [0.1, 0.15) is 43.3 Å². The monoisotopic (exact) mass is 272 g/mol. The Bertz CT molecular complexity index is 655. The number of halogens is 1. The van der Waals surface area contributed by atoms with E-state index < -0.39 is 0 Å². The summed E-state index contributed by atoms with van der Waals surface area (Å²) in [5.41, 5.74) is 10.5. The molecule has 1 unspecified atom stereocenters. The van der Waals surface area contributed by atoms with Crippen LogP contribution in [0.25, 0.3) is 5.69 Å². The van der Waals surface area contributed by atoms with E-state index in [4.69, 9.17) is 5.73 Å². The van der Waals surface area contributed by atoms with Crippen molar-refractivity contribution in [1.82, 2.24) is 4.57 Å². The minimum Gasteiger partial charge on any atom is -0.324 e. The fraction of sp³-hybridized carbons (Fsp3) is 0.412. The van der Waals surface area contributed by atoms with E-state index in [9.17, 15) is 4.39 Å². The molecule has 0 radical (unpaired) electrons. The molecule has 1 heterocycles. The van der Waals surface area contributed by atoms with Gasteiger partial charge in [-0.1, -0.05) is 26.0 Å². The molecule has 20 heavy (non-hydrogen) atoms. The number of fused-ring (bicyclic) bond motifs is 1. The van der Waals surface area contributed by atoms with Gasteiger partial charge in [-0.2, -0.15) is 0 Å².